The highest BCUT2D eigenvalue weighted by atomic mass is 16.5. The maximum Gasteiger partial charge on any atom is 0.194 e. The van der Waals surface area contributed by atoms with Gasteiger partial charge in [0.15, 0.2) is 5.96 Å². The lowest BCUT2D eigenvalue weighted by molar-refractivity contribution is 0.316. The van der Waals surface area contributed by atoms with Crippen LogP contribution in [0.1, 0.15) is 32.3 Å². The van der Waals surface area contributed by atoms with Gasteiger partial charge in [-0.15, -0.1) is 0 Å². The number of rotatable bonds is 7. The molecule has 1 heterocycles. The summed E-state index contributed by atoms with van der Waals surface area (Å²) in [4.78, 5) is 9.46. The number of hydrogen-bond donors (Lipinski definition) is 1. The molecule has 1 aliphatic rings. The number of ether oxygens (including phenoxy) is 1. The first-order chi connectivity index (χ1) is 11.6. The van der Waals surface area contributed by atoms with Crippen molar-refractivity contribution in [3.05, 3.63) is 29.8 Å². The zero-order valence-electron chi connectivity index (χ0n) is 15.6. The van der Waals surface area contributed by atoms with Crippen LogP contribution in [0.4, 0.5) is 0 Å². The SMILES string of the molecule is CCNC(=NCC1CCCN1C)N(C)Cc1ccc(OCC)cc1. The van der Waals surface area contributed by atoms with Crippen LogP contribution in [0, 0.1) is 0 Å². The Balaban J connectivity index is 1.95. The summed E-state index contributed by atoms with van der Waals surface area (Å²) in [5.74, 6) is 1.90. The van der Waals surface area contributed by atoms with Crippen molar-refractivity contribution in [1.29, 1.82) is 0 Å². The molecule has 5 heteroatoms. The van der Waals surface area contributed by atoms with E-state index in [2.05, 4.69) is 48.3 Å². The monoisotopic (exact) mass is 332 g/mol. The largest absolute Gasteiger partial charge is 0.494 e. The molecule has 24 heavy (non-hydrogen) atoms. The van der Waals surface area contributed by atoms with Crippen molar-refractivity contribution >= 4 is 5.96 Å². The van der Waals surface area contributed by atoms with Gasteiger partial charge in [0.25, 0.3) is 0 Å². The number of likely N-dealkylation sites (tertiary alicyclic amines) is 1. The molecule has 1 aliphatic heterocycles. The molecule has 1 N–H and O–H groups in total. The highest BCUT2D eigenvalue weighted by molar-refractivity contribution is 5.79. The number of nitrogens with one attached hydrogen (secondary N) is 1. The average molecular weight is 332 g/mol. The van der Waals surface area contributed by atoms with Crippen LogP contribution in [0.3, 0.4) is 0 Å². The molecular formula is C19H32N4O. The minimum atomic E-state index is 0.581. The van der Waals surface area contributed by atoms with E-state index < -0.39 is 0 Å². The van der Waals surface area contributed by atoms with Gasteiger partial charge >= 0.3 is 0 Å². The smallest absolute Gasteiger partial charge is 0.194 e. The predicted molar refractivity (Wildman–Crippen MR) is 101 cm³/mol. The molecule has 134 valence electrons. The van der Waals surface area contributed by atoms with Gasteiger partial charge in [0.1, 0.15) is 5.75 Å². The van der Waals surface area contributed by atoms with Crippen molar-refractivity contribution in [2.24, 2.45) is 4.99 Å². The third-order valence-corrected chi connectivity index (χ3v) is 4.47. The van der Waals surface area contributed by atoms with Crippen LogP contribution >= 0.6 is 0 Å². The van der Waals surface area contributed by atoms with Crippen LogP contribution in [0.15, 0.2) is 29.3 Å². The number of likely N-dealkylation sites (N-methyl/N-ethyl adjacent to an activating group) is 1. The van der Waals surface area contributed by atoms with Gasteiger partial charge in [0.2, 0.25) is 0 Å². The average Bonchev–Trinajstić information content (AvgIpc) is 2.98. The summed E-state index contributed by atoms with van der Waals surface area (Å²) in [5.41, 5.74) is 1.25. The molecule has 0 aromatic heterocycles. The maximum absolute atomic E-state index is 5.50. The summed E-state index contributed by atoms with van der Waals surface area (Å²) in [6.07, 6.45) is 2.54. The zero-order valence-corrected chi connectivity index (χ0v) is 15.6. The first kappa shape index (κ1) is 18.6. The molecule has 1 saturated heterocycles. The molecule has 1 unspecified atom stereocenters. The fraction of sp³-hybridized carbons (Fsp3) is 0.632. The second-order valence-corrected chi connectivity index (χ2v) is 6.40. The minimum absolute atomic E-state index is 0.581. The van der Waals surface area contributed by atoms with Gasteiger partial charge < -0.3 is 19.9 Å². The van der Waals surface area contributed by atoms with Gasteiger partial charge in [0.05, 0.1) is 13.2 Å². The Kier molecular flexibility index (Phi) is 7.37. The quantitative estimate of drug-likeness (QED) is 0.615. The van der Waals surface area contributed by atoms with Gasteiger partial charge in [-0.1, -0.05) is 12.1 Å². The molecule has 0 bridgehead atoms. The Labute approximate surface area is 146 Å². The van der Waals surface area contributed by atoms with E-state index in [0.29, 0.717) is 12.6 Å². The van der Waals surface area contributed by atoms with Crippen molar-refractivity contribution in [2.45, 2.75) is 39.3 Å². The van der Waals surface area contributed by atoms with Gasteiger partial charge in [0, 0.05) is 26.2 Å². The van der Waals surface area contributed by atoms with Crippen LogP contribution < -0.4 is 10.1 Å². The van der Waals surface area contributed by atoms with Crippen LogP contribution in [-0.2, 0) is 6.54 Å². The van der Waals surface area contributed by atoms with E-state index in [1.54, 1.807) is 0 Å². The molecule has 0 saturated carbocycles. The highest BCUT2D eigenvalue weighted by Crippen LogP contribution is 2.15. The number of benzene rings is 1. The van der Waals surface area contributed by atoms with E-state index in [1.807, 2.05) is 19.1 Å². The first-order valence-electron chi connectivity index (χ1n) is 9.05. The standard InChI is InChI=1S/C19H32N4O/c1-5-20-19(21-14-17-8-7-13-22(17)3)23(4)15-16-9-11-18(12-10-16)24-6-2/h9-12,17H,5-8,13-15H2,1-4H3,(H,20,21). The number of aliphatic imine (C=N–C) groups is 1. The molecule has 1 aromatic rings. The Hall–Kier alpha value is -1.75. The maximum atomic E-state index is 5.50. The van der Waals surface area contributed by atoms with E-state index >= 15 is 0 Å². The van der Waals surface area contributed by atoms with Crippen molar-refractivity contribution in [1.82, 2.24) is 15.1 Å². The van der Waals surface area contributed by atoms with Crippen LogP contribution in [0.2, 0.25) is 0 Å². The fourth-order valence-corrected chi connectivity index (χ4v) is 3.08. The first-order valence-corrected chi connectivity index (χ1v) is 9.05. The Morgan fingerprint density at radius 3 is 2.67 bits per heavy atom. The molecule has 0 spiro atoms. The van der Waals surface area contributed by atoms with Gasteiger partial charge in [-0.25, -0.2) is 0 Å². The van der Waals surface area contributed by atoms with Gasteiger partial charge in [-0.3, -0.25) is 4.99 Å². The summed E-state index contributed by atoms with van der Waals surface area (Å²) in [6, 6.07) is 8.89. The Morgan fingerprint density at radius 2 is 2.08 bits per heavy atom. The second-order valence-electron chi connectivity index (χ2n) is 6.40. The molecule has 1 fully saturated rings. The van der Waals surface area contributed by atoms with Crippen LogP contribution in [0.25, 0.3) is 0 Å². The van der Waals surface area contributed by atoms with E-state index in [-0.39, 0.29) is 0 Å². The lowest BCUT2D eigenvalue weighted by Gasteiger charge is -2.24. The lowest BCUT2D eigenvalue weighted by Crippen LogP contribution is -2.39. The van der Waals surface area contributed by atoms with E-state index in [4.69, 9.17) is 9.73 Å². The molecule has 0 amide bonds. The number of nitrogens with zero attached hydrogens (tertiary/aromatic N) is 3. The van der Waals surface area contributed by atoms with Crippen LogP contribution in [0.5, 0.6) is 5.75 Å². The van der Waals surface area contributed by atoms with Crippen molar-refractivity contribution in [3.63, 3.8) is 0 Å². The van der Waals surface area contributed by atoms with E-state index in [9.17, 15) is 0 Å². The van der Waals surface area contributed by atoms with Crippen molar-refractivity contribution < 1.29 is 4.74 Å². The lowest BCUT2D eigenvalue weighted by atomic mass is 10.2. The van der Waals surface area contributed by atoms with Gasteiger partial charge in [-0.2, -0.15) is 0 Å². The fourth-order valence-electron chi connectivity index (χ4n) is 3.08. The summed E-state index contributed by atoms with van der Waals surface area (Å²) in [6.45, 7) is 8.59. The Morgan fingerprint density at radius 1 is 1.33 bits per heavy atom. The topological polar surface area (TPSA) is 40.1 Å². The normalized spacial score (nSPS) is 18.7. The molecule has 1 aromatic carbocycles. The predicted octanol–water partition coefficient (Wildman–Crippen LogP) is 2.58. The molecule has 1 atom stereocenters. The van der Waals surface area contributed by atoms with Crippen molar-refractivity contribution in [2.75, 3.05) is 40.3 Å². The van der Waals surface area contributed by atoms with E-state index in [0.717, 1.165) is 31.3 Å². The van der Waals surface area contributed by atoms with Crippen LogP contribution in [-0.4, -0.2) is 62.1 Å². The van der Waals surface area contributed by atoms with Gasteiger partial charge in [-0.05, 0) is 58.0 Å². The third-order valence-electron chi connectivity index (χ3n) is 4.47. The number of guanidine groups is 1. The minimum Gasteiger partial charge on any atom is -0.494 e. The summed E-state index contributed by atoms with van der Waals surface area (Å²) in [5, 5.41) is 3.41. The number of hydrogen-bond acceptors (Lipinski definition) is 3. The summed E-state index contributed by atoms with van der Waals surface area (Å²) in [7, 11) is 4.29. The molecule has 0 aliphatic carbocycles. The highest BCUT2D eigenvalue weighted by Gasteiger charge is 2.20. The summed E-state index contributed by atoms with van der Waals surface area (Å²) >= 11 is 0. The van der Waals surface area contributed by atoms with E-state index in [1.165, 1.54) is 24.9 Å². The molecule has 5 nitrogen and oxygen atoms in total. The second kappa shape index (κ2) is 9.52. The third kappa shape index (κ3) is 5.41. The zero-order chi connectivity index (χ0) is 17.4. The Bertz CT molecular complexity index is 515. The van der Waals surface area contributed by atoms with Crippen molar-refractivity contribution in [3.8, 4) is 5.75 Å². The molecule has 2 rings (SSSR count). The molecule has 0 radical (unpaired) electrons. The summed E-state index contributed by atoms with van der Waals surface area (Å²) < 4.78 is 5.50. The molecular weight excluding hydrogens is 300 g/mol.